The van der Waals surface area contributed by atoms with E-state index in [4.69, 9.17) is 4.74 Å². The van der Waals surface area contributed by atoms with Crippen molar-refractivity contribution in [2.75, 3.05) is 39.8 Å². The fraction of sp³-hybridized carbons (Fsp3) is 0.450. The van der Waals surface area contributed by atoms with Gasteiger partial charge in [0.05, 0.1) is 6.54 Å². The van der Waals surface area contributed by atoms with Gasteiger partial charge in [-0.2, -0.15) is 4.31 Å². The molecule has 0 aliphatic heterocycles. The maximum atomic E-state index is 12.6. The number of guanidine groups is 1. The van der Waals surface area contributed by atoms with Crippen LogP contribution in [0, 0.1) is 0 Å². The highest BCUT2D eigenvalue weighted by Gasteiger charge is 2.23. The third-order valence-corrected chi connectivity index (χ3v) is 7.89. The maximum absolute atomic E-state index is 12.6. The third kappa shape index (κ3) is 8.05. The van der Waals surface area contributed by atoms with Crippen molar-refractivity contribution in [3.05, 3.63) is 47.3 Å². The highest BCUT2D eigenvalue weighted by molar-refractivity contribution is 14.0. The summed E-state index contributed by atoms with van der Waals surface area (Å²) >= 11 is 1.33. The number of ether oxygens (including phenoxy) is 1. The summed E-state index contributed by atoms with van der Waals surface area (Å²) in [5.41, 5.74) is 0. The molecule has 1 aromatic carbocycles. The lowest BCUT2D eigenvalue weighted by Crippen LogP contribution is -2.40. The van der Waals surface area contributed by atoms with Crippen LogP contribution in [0.25, 0.3) is 0 Å². The summed E-state index contributed by atoms with van der Waals surface area (Å²) in [6.07, 6.45) is 0.722. The number of aliphatic imine (C=N–C) groups is 1. The molecule has 0 unspecified atom stereocenters. The topological polar surface area (TPSA) is 83.0 Å². The molecule has 0 atom stereocenters. The molecule has 0 aliphatic carbocycles. The number of hydrogen-bond acceptors (Lipinski definition) is 5. The minimum absolute atomic E-state index is 0. The Balaban J connectivity index is 0.00000450. The Morgan fingerprint density at radius 3 is 2.37 bits per heavy atom. The van der Waals surface area contributed by atoms with E-state index in [0.717, 1.165) is 17.0 Å². The van der Waals surface area contributed by atoms with E-state index in [1.54, 1.807) is 13.1 Å². The van der Waals surface area contributed by atoms with Crippen LogP contribution in [-0.4, -0.2) is 58.5 Å². The van der Waals surface area contributed by atoms with E-state index in [9.17, 15) is 8.42 Å². The van der Waals surface area contributed by atoms with E-state index in [1.807, 2.05) is 50.2 Å². The first kappa shape index (κ1) is 26.7. The van der Waals surface area contributed by atoms with Crippen molar-refractivity contribution in [3.63, 3.8) is 0 Å². The van der Waals surface area contributed by atoms with Crippen molar-refractivity contribution >= 4 is 51.3 Å². The Morgan fingerprint density at radius 1 is 1.07 bits per heavy atom. The van der Waals surface area contributed by atoms with Crippen LogP contribution in [0.5, 0.6) is 5.75 Å². The molecule has 0 spiro atoms. The van der Waals surface area contributed by atoms with Gasteiger partial charge in [-0.15, -0.1) is 35.3 Å². The summed E-state index contributed by atoms with van der Waals surface area (Å²) < 4.78 is 32.6. The number of para-hydroxylation sites is 1. The molecule has 2 N–H and O–H groups in total. The minimum Gasteiger partial charge on any atom is -0.492 e. The zero-order valence-corrected chi connectivity index (χ0v) is 21.6. The van der Waals surface area contributed by atoms with E-state index in [1.165, 1.54) is 15.6 Å². The molecule has 0 saturated heterocycles. The van der Waals surface area contributed by atoms with Crippen LogP contribution in [0.1, 0.15) is 18.7 Å². The standard InChI is InChI=1S/C20H30N4O3S2.HI/c1-4-24(5-2)29(25,26)19-12-11-18(28-19)13-14-22-20(21-3)23-15-16-27-17-9-7-6-8-10-17;/h6-12H,4-5,13-16H2,1-3H3,(H2,21,22,23);1H. The Morgan fingerprint density at radius 2 is 1.73 bits per heavy atom. The summed E-state index contributed by atoms with van der Waals surface area (Å²) in [4.78, 5) is 5.21. The molecule has 30 heavy (non-hydrogen) atoms. The molecule has 1 heterocycles. The molecule has 2 aromatic rings. The van der Waals surface area contributed by atoms with E-state index in [0.29, 0.717) is 43.0 Å². The molecule has 0 bridgehead atoms. The second-order valence-electron chi connectivity index (χ2n) is 6.15. The molecule has 2 rings (SSSR count). The number of nitrogens with zero attached hydrogens (tertiary/aromatic N) is 2. The van der Waals surface area contributed by atoms with Gasteiger partial charge in [-0.25, -0.2) is 8.42 Å². The molecule has 0 aliphatic rings. The van der Waals surface area contributed by atoms with E-state index in [2.05, 4.69) is 15.6 Å². The van der Waals surface area contributed by atoms with Crippen molar-refractivity contribution in [2.45, 2.75) is 24.5 Å². The molecular weight excluding hydrogens is 535 g/mol. The second-order valence-corrected chi connectivity index (χ2v) is 9.48. The predicted octanol–water partition coefficient (Wildman–Crippen LogP) is 3.18. The molecule has 0 radical (unpaired) electrons. The van der Waals surface area contributed by atoms with E-state index < -0.39 is 10.0 Å². The van der Waals surface area contributed by atoms with Gasteiger partial charge in [0.1, 0.15) is 16.6 Å². The van der Waals surface area contributed by atoms with Crippen molar-refractivity contribution < 1.29 is 13.2 Å². The summed E-state index contributed by atoms with van der Waals surface area (Å²) in [5.74, 6) is 1.53. The molecule has 0 amide bonds. The van der Waals surface area contributed by atoms with Gasteiger partial charge in [0.2, 0.25) is 0 Å². The van der Waals surface area contributed by atoms with Gasteiger partial charge in [0, 0.05) is 31.6 Å². The van der Waals surface area contributed by atoms with Crippen LogP contribution in [0.15, 0.2) is 51.7 Å². The third-order valence-electron chi connectivity index (χ3n) is 4.23. The van der Waals surface area contributed by atoms with Crippen LogP contribution in [-0.2, 0) is 16.4 Å². The number of halogens is 1. The molecule has 10 heteroatoms. The zero-order valence-electron chi connectivity index (χ0n) is 17.6. The van der Waals surface area contributed by atoms with Crippen LogP contribution >= 0.6 is 35.3 Å². The minimum atomic E-state index is -3.38. The van der Waals surface area contributed by atoms with Gasteiger partial charge in [-0.3, -0.25) is 4.99 Å². The number of thiophene rings is 1. The van der Waals surface area contributed by atoms with Crippen LogP contribution in [0.3, 0.4) is 0 Å². The van der Waals surface area contributed by atoms with Crippen molar-refractivity contribution in [2.24, 2.45) is 4.99 Å². The predicted molar refractivity (Wildman–Crippen MR) is 135 cm³/mol. The first-order chi connectivity index (χ1) is 14.0. The number of nitrogens with one attached hydrogen (secondary N) is 2. The summed E-state index contributed by atoms with van der Waals surface area (Å²) in [6, 6.07) is 13.2. The number of sulfonamides is 1. The highest BCUT2D eigenvalue weighted by atomic mass is 127. The fourth-order valence-corrected chi connectivity index (χ4v) is 5.67. The van der Waals surface area contributed by atoms with Crippen LogP contribution in [0.2, 0.25) is 0 Å². The van der Waals surface area contributed by atoms with Gasteiger partial charge in [0.25, 0.3) is 10.0 Å². The van der Waals surface area contributed by atoms with Crippen molar-refractivity contribution in [1.29, 1.82) is 0 Å². The normalized spacial score (nSPS) is 11.8. The average Bonchev–Trinajstić information content (AvgIpc) is 3.21. The lowest BCUT2D eigenvalue weighted by Gasteiger charge is -2.16. The number of hydrogen-bond donors (Lipinski definition) is 2. The summed E-state index contributed by atoms with van der Waals surface area (Å²) in [5, 5.41) is 6.44. The molecule has 7 nitrogen and oxygen atoms in total. The van der Waals surface area contributed by atoms with Crippen LogP contribution in [0.4, 0.5) is 0 Å². The first-order valence-corrected chi connectivity index (χ1v) is 12.0. The molecule has 0 saturated carbocycles. The first-order valence-electron chi connectivity index (χ1n) is 9.72. The summed E-state index contributed by atoms with van der Waals surface area (Å²) in [7, 11) is -1.67. The van der Waals surface area contributed by atoms with Crippen molar-refractivity contribution in [3.8, 4) is 5.75 Å². The van der Waals surface area contributed by atoms with Gasteiger partial charge in [-0.05, 0) is 30.7 Å². The van der Waals surface area contributed by atoms with Gasteiger partial charge in [0.15, 0.2) is 5.96 Å². The largest absolute Gasteiger partial charge is 0.492 e. The summed E-state index contributed by atoms with van der Waals surface area (Å²) in [6.45, 7) is 6.46. The average molecular weight is 567 g/mol. The van der Waals surface area contributed by atoms with Crippen molar-refractivity contribution in [1.82, 2.24) is 14.9 Å². The fourth-order valence-electron chi connectivity index (χ4n) is 2.70. The lowest BCUT2D eigenvalue weighted by atomic mass is 10.3. The SMILES string of the molecule is CCN(CC)S(=O)(=O)c1ccc(CCNC(=NC)NCCOc2ccccc2)s1.I. The quantitative estimate of drug-likeness (QED) is 0.189. The lowest BCUT2D eigenvalue weighted by molar-refractivity contribution is 0.322. The number of benzene rings is 1. The zero-order chi connectivity index (χ0) is 21.1. The second kappa shape index (κ2) is 13.8. The molecular formula is C20H31IN4O3S2. The van der Waals surface area contributed by atoms with Gasteiger partial charge in [-0.1, -0.05) is 32.0 Å². The van der Waals surface area contributed by atoms with Gasteiger partial charge < -0.3 is 15.4 Å². The Bertz CT molecular complexity index is 869. The van der Waals surface area contributed by atoms with Crippen LogP contribution < -0.4 is 15.4 Å². The smallest absolute Gasteiger partial charge is 0.252 e. The monoisotopic (exact) mass is 566 g/mol. The van der Waals surface area contributed by atoms with E-state index >= 15 is 0 Å². The Kier molecular flexibility index (Phi) is 12.3. The Labute approximate surface area is 201 Å². The van der Waals surface area contributed by atoms with Gasteiger partial charge >= 0.3 is 0 Å². The maximum Gasteiger partial charge on any atom is 0.252 e. The highest BCUT2D eigenvalue weighted by Crippen LogP contribution is 2.25. The molecule has 1 aromatic heterocycles. The van der Waals surface area contributed by atoms with E-state index in [-0.39, 0.29) is 24.0 Å². The Hall–Kier alpha value is -1.37. The molecule has 168 valence electrons. The molecule has 0 fully saturated rings. The number of rotatable bonds is 11.